The highest BCUT2D eigenvalue weighted by atomic mass is 35.5. The van der Waals surface area contributed by atoms with Gasteiger partial charge in [-0.2, -0.15) is 0 Å². The molecule has 9 heteroatoms. The monoisotopic (exact) mass is 496 g/mol. The van der Waals surface area contributed by atoms with Crippen LogP contribution in [0.25, 0.3) is 0 Å². The number of benzene rings is 2. The summed E-state index contributed by atoms with van der Waals surface area (Å²) in [7, 11) is 1.54. The van der Waals surface area contributed by atoms with Gasteiger partial charge in [0.25, 0.3) is 11.5 Å². The smallest absolute Gasteiger partial charge is 0.300 e. The van der Waals surface area contributed by atoms with E-state index in [1.54, 1.807) is 32.0 Å². The van der Waals surface area contributed by atoms with Crippen molar-refractivity contribution in [1.29, 1.82) is 0 Å². The van der Waals surface area contributed by atoms with E-state index < -0.39 is 17.6 Å². The molecule has 3 rings (SSSR count). The molecule has 0 fully saturated rings. The van der Waals surface area contributed by atoms with Gasteiger partial charge in [0.2, 0.25) is 5.91 Å². The molecule has 1 amide bonds. The molecule has 0 saturated carbocycles. The third-order valence-corrected chi connectivity index (χ3v) is 5.71. The SMILES string of the molecule is CCC(Oc1ccc(Cl)cc1CC(=O)NC)C(=O)n1c(C)cnc(NCCc2ccccc2)c1=O. The van der Waals surface area contributed by atoms with Crippen molar-refractivity contribution in [3.63, 3.8) is 0 Å². The fourth-order valence-electron chi connectivity index (χ4n) is 3.57. The number of hydrogen-bond acceptors (Lipinski definition) is 6. The predicted molar refractivity (Wildman–Crippen MR) is 136 cm³/mol. The standard InChI is InChI=1S/C26H29ClN4O4/c1-4-21(35-22-11-10-20(27)14-19(22)15-23(32)28-3)25(33)31-17(2)16-30-24(26(31)34)29-13-12-18-8-6-5-7-9-18/h5-11,14,16,21H,4,12-13,15H2,1-3H3,(H,28,32)(H,29,30). The number of nitrogens with zero attached hydrogens (tertiary/aromatic N) is 2. The topological polar surface area (TPSA) is 102 Å². The van der Waals surface area contributed by atoms with Gasteiger partial charge in [0.15, 0.2) is 11.9 Å². The lowest BCUT2D eigenvalue weighted by atomic mass is 10.1. The van der Waals surface area contributed by atoms with Crippen molar-refractivity contribution in [2.45, 2.75) is 39.2 Å². The number of aromatic nitrogens is 2. The zero-order valence-corrected chi connectivity index (χ0v) is 20.8. The second kappa shape index (κ2) is 12.2. The Balaban J connectivity index is 1.81. The summed E-state index contributed by atoms with van der Waals surface area (Å²) >= 11 is 6.10. The van der Waals surface area contributed by atoms with Crippen LogP contribution < -0.4 is 20.9 Å². The third-order valence-electron chi connectivity index (χ3n) is 5.48. The van der Waals surface area contributed by atoms with Gasteiger partial charge in [-0.3, -0.25) is 14.4 Å². The Morgan fingerprint density at radius 3 is 2.60 bits per heavy atom. The van der Waals surface area contributed by atoms with Gasteiger partial charge >= 0.3 is 0 Å². The van der Waals surface area contributed by atoms with Crippen molar-refractivity contribution >= 4 is 29.2 Å². The molecule has 8 nitrogen and oxygen atoms in total. The van der Waals surface area contributed by atoms with Gasteiger partial charge < -0.3 is 15.4 Å². The molecule has 0 spiro atoms. The molecule has 0 aliphatic heterocycles. The lowest BCUT2D eigenvalue weighted by Crippen LogP contribution is -2.40. The van der Waals surface area contributed by atoms with Crippen LogP contribution in [-0.4, -0.2) is 41.1 Å². The maximum absolute atomic E-state index is 13.4. The van der Waals surface area contributed by atoms with Crippen molar-refractivity contribution in [2.24, 2.45) is 0 Å². The first-order chi connectivity index (χ1) is 16.8. The molecule has 3 aromatic rings. The largest absolute Gasteiger partial charge is 0.480 e. The highest BCUT2D eigenvalue weighted by molar-refractivity contribution is 6.30. The minimum absolute atomic E-state index is 0.0424. The molecule has 0 aliphatic carbocycles. The van der Waals surface area contributed by atoms with E-state index in [1.807, 2.05) is 30.3 Å². The predicted octanol–water partition coefficient (Wildman–Crippen LogP) is 3.65. The fraction of sp³-hybridized carbons (Fsp3) is 0.308. The number of rotatable bonds is 10. The summed E-state index contributed by atoms with van der Waals surface area (Å²) in [6.07, 6.45) is 1.59. The van der Waals surface area contributed by atoms with Crippen molar-refractivity contribution in [1.82, 2.24) is 14.9 Å². The molecule has 0 saturated heterocycles. The highest BCUT2D eigenvalue weighted by Gasteiger charge is 2.25. The molecular formula is C26H29ClN4O4. The fourth-order valence-corrected chi connectivity index (χ4v) is 3.76. The van der Waals surface area contributed by atoms with Crippen LogP contribution in [0, 0.1) is 6.92 Å². The number of aryl methyl sites for hydroxylation is 1. The molecule has 1 aromatic heterocycles. The molecule has 184 valence electrons. The number of amides is 1. The van der Waals surface area contributed by atoms with Gasteiger partial charge in [-0.25, -0.2) is 9.55 Å². The van der Waals surface area contributed by atoms with Gasteiger partial charge in [-0.15, -0.1) is 0 Å². The van der Waals surface area contributed by atoms with Gasteiger partial charge in [-0.1, -0.05) is 48.9 Å². The van der Waals surface area contributed by atoms with Crippen LogP contribution in [-0.2, 0) is 17.6 Å². The van der Waals surface area contributed by atoms with E-state index in [4.69, 9.17) is 16.3 Å². The molecule has 1 unspecified atom stereocenters. The van der Waals surface area contributed by atoms with Crippen LogP contribution in [0.2, 0.25) is 5.02 Å². The number of anilines is 1. The first kappa shape index (κ1) is 26.0. The number of likely N-dealkylation sites (N-methyl/N-ethyl adjacent to an activating group) is 1. The molecule has 1 atom stereocenters. The van der Waals surface area contributed by atoms with Crippen LogP contribution >= 0.6 is 11.6 Å². The molecule has 0 radical (unpaired) electrons. The zero-order valence-electron chi connectivity index (χ0n) is 20.0. The van der Waals surface area contributed by atoms with Crippen LogP contribution in [0.4, 0.5) is 5.82 Å². The first-order valence-corrected chi connectivity index (χ1v) is 11.8. The number of hydrogen-bond donors (Lipinski definition) is 2. The number of halogens is 1. The lowest BCUT2D eigenvalue weighted by molar-refractivity contribution is -0.119. The summed E-state index contributed by atoms with van der Waals surface area (Å²) in [5.74, 6) is -0.269. The summed E-state index contributed by atoms with van der Waals surface area (Å²) in [4.78, 5) is 42.7. The summed E-state index contributed by atoms with van der Waals surface area (Å²) in [6, 6.07) is 14.7. The molecule has 0 bridgehead atoms. The van der Waals surface area contributed by atoms with Crippen molar-refractivity contribution in [2.75, 3.05) is 18.9 Å². The molecule has 1 heterocycles. The molecule has 2 aromatic carbocycles. The van der Waals surface area contributed by atoms with Crippen molar-refractivity contribution in [3.8, 4) is 5.75 Å². The van der Waals surface area contributed by atoms with E-state index in [-0.39, 0.29) is 18.1 Å². The van der Waals surface area contributed by atoms with E-state index in [0.29, 0.717) is 41.4 Å². The quantitative estimate of drug-likeness (QED) is 0.444. The zero-order chi connectivity index (χ0) is 25.4. The second-order valence-corrected chi connectivity index (χ2v) is 8.44. The number of ether oxygens (including phenoxy) is 1. The Labute approximate surface area is 209 Å². The van der Waals surface area contributed by atoms with Crippen LogP contribution in [0.1, 0.15) is 35.0 Å². The maximum atomic E-state index is 13.4. The minimum Gasteiger partial charge on any atom is -0.480 e. The Morgan fingerprint density at radius 2 is 1.91 bits per heavy atom. The first-order valence-electron chi connectivity index (χ1n) is 11.4. The van der Waals surface area contributed by atoms with Crippen molar-refractivity contribution in [3.05, 3.63) is 86.9 Å². The van der Waals surface area contributed by atoms with Gasteiger partial charge in [-0.05, 0) is 43.5 Å². The van der Waals surface area contributed by atoms with E-state index in [0.717, 1.165) is 10.1 Å². The number of carbonyl (C=O) groups is 2. The molecule has 35 heavy (non-hydrogen) atoms. The van der Waals surface area contributed by atoms with E-state index in [9.17, 15) is 14.4 Å². The molecular weight excluding hydrogens is 468 g/mol. The van der Waals surface area contributed by atoms with Gasteiger partial charge in [0.1, 0.15) is 5.75 Å². The Kier molecular flexibility index (Phi) is 9.03. The Hall–Kier alpha value is -3.65. The maximum Gasteiger partial charge on any atom is 0.300 e. The Morgan fingerprint density at radius 1 is 1.17 bits per heavy atom. The Bertz CT molecular complexity index is 1240. The van der Waals surface area contributed by atoms with Crippen LogP contribution in [0.15, 0.2) is 59.5 Å². The summed E-state index contributed by atoms with van der Waals surface area (Å²) in [5.41, 5.74) is 1.54. The van der Waals surface area contributed by atoms with E-state index in [1.165, 1.54) is 13.2 Å². The van der Waals surface area contributed by atoms with E-state index >= 15 is 0 Å². The third kappa shape index (κ3) is 6.70. The van der Waals surface area contributed by atoms with Gasteiger partial charge in [0.05, 0.1) is 6.42 Å². The summed E-state index contributed by atoms with van der Waals surface area (Å²) < 4.78 is 7.10. The summed E-state index contributed by atoms with van der Waals surface area (Å²) in [6.45, 7) is 3.93. The van der Waals surface area contributed by atoms with E-state index in [2.05, 4.69) is 15.6 Å². The van der Waals surface area contributed by atoms with Crippen molar-refractivity contribution < 1.29 is 14.3 Å². The normalized spacial score (nSPS) is 11.5. The van der Waals surface area contributed by atoms with Gasteiger partial charge in [0, 0.05) is 36.1 Å². The average molecular weight is 497 g/mol. The lowest BCUT2D eigenvalue weighted by Gasteiger charge is -2.21. The molecule has 2 N–H and O–H groups in total. The number of nitrogens with one attached hydrogen (secondary N) is 2. The minimum atomic E-state index is -0.949. The highest BCUT2D eigenvalue weighted by Crippen LogP contribution is 2.25. The summed E-state index contributed by atoms with van der Waals surface area (Å²) in [5, 5.41) is 6.05. The average Bonchev–Trinajstić information content (AvgIpc) is 2.85. The molecule has 0 aliphatic rings. The number of carbonyl (C=O) groups excluding carboxylic acids is 2. The second-order valence-electron chi connectivity index (χ2n) is 8.01. The van der Waals surface area contributed by atoms with Crippen LogP contribution in [0.3, 0.4) is 0 Å². The van der Waals surface area contributed by atoms with Crippen LogP contribution in [0.5, 0.6) is 5.75 Å².